The van der Waals surface area contributed by atoms with E-state index in [1.807, 2.05) is 60.7 Å². The molecule has 0 unspecified atom stereocenters. The highest BCUT2D eigenvalue weighted by Crippen LogP contribution is 2.34. The summed E-state index contributed by atoms with van der Waals surface area (Å²) < 4.78 is 16.4. The SMILES string of the molecule is COc1ccc(-c2nnc(SCc3ccc(-c4ccccc4C#N)cc3)o2)c(OC)c1. The number of nitriles is 1. The third kappa shape index (κ3) is 4.55. The molecule has 0 radical (unpaired) electrons. The molecule has 0 saturated heterocycles. The Balaban J connectivity index is 1.45. The Morgan fingerprint density at radius 3 is 2.48 bits per heavy atom. The summed E-state index contributed by atoms with van der Waals surface area (Å²) in [6.45, 7) is 0. The van der Waals surface area contributed by atoms with Gasteiger partial charge in [-0.1, -0.05) is 54.2 Å². The minimum Gasteiger partial charge on any atom is -0.497 e. The molecule has 1 heterocycles. The van der Waals surface area contributed by atoms with Crippen LogP contribution in [0.5, 0.6) is 11.5 Å². The Morgan fingerprint density at radius 2 is 1.74 bits per heavy atom. The zero-order chi connectivity index (χ0) is 21.6. The van der Waals surface area contributed by atoms with Crippen LogP contribution in [0.25, 0.3) is 22.6 Å². The molecule has 0 bridgehead atoms. The Kier molecular flexibility index (Phi) is 6.20. The fraction of sp³-hybridized carbons (Fsp3) is 0.125. The molecule has 0 atom stereocenters. The van der Waals surface area contributed by atoms with Crippen LogP contribution in [0.15, 0.2) is 76.4 Å². The minimum absolute atomic E-state index is 0.394. The van der Waals surface area contributed by atoms with Crippen molar-refractivity contribution in [3.05, 3.63) is 77.9 Å². The van der Waals surface area contributed by atoms with Gasteiger partial charge in [-0.05, 0) is 34.9 Å². The Bertz CT molecular complexity index is 1230. The number of thioether (sulfide) groups is 1. The summed E-state index contributed by atoms with van der Waals surface area (Å²) in [5, 5.41) is 18.1. The fourth-order valence-corrected chi connectivity index (χ4v) is 3.83. The van der Waals surface area contributed by atoms with Gasteiger partial charge in [0.15, 0.2) is 0 Å². The van der Waals surface area contributed by atoms with Crippen molar-refractivity contribution in [3.8, 4) is 40.1 Å². The maximum Gasteiger partial charge on any atom is 0.277 e. The van der Waals surface area contributed by atoms with Gasteiger partial charge in [-0.25, -0.2) is 0 Å². The third-order valence-corrected chi connectivity index (χ3v) is 5.61. The van der Waals surface area contributed by atoms with Crippen LogP contribution >= 0.6 is 11.8 Å². The van der Waals surface area contributed by atoms with Gasteiger partial charge in [-0.15, -0.1) is 10.2 Å². The first-order valence-corrected chi connectivity index (χ1v) is 10.5. The molecule has 0 spiro atoms. The monoisotopic (exact) mass is 429 g/mol. The van der Waals surface area contributed by atoms with Crippen molar-refractivity contribution in [3.63, 3.8) is 0 Å². The molecule has 0 aliphatic carbocycles. The maximum atomic E-state index is 9.30. The van der Waals surface area contributed by atoms with E-state index in [4.69, 9.17) is 13.9 Å². The number of hydrogen-bond donors (Lipinski definition) is 0. The zero-order valence-electron chi connectivity index (χ0n) is 17.0. The van der Waals surface area contributed by atoms with Crippen molar-refractivity contribution in [2.45, 2.75) is 11.0 Å². The molecule has 0 aliphatic heterocycles. The lowest BCUT2D eigenvalue weighted by molar-refractivity contribution is 0.393. The Labute approximate surface area is 184 Å². The van der Waals surface area contributed by atoms with Gasteiger partial charge in [-0.3, -0.25) is 0 Å². The number of aromatic nitrogens is 2. The van der Waals surface area contributed by atoms with Crippen LogP contribution in [0.3, 0.4) is 0 Å². The predicted octanol–water partition coefficient (Wildman–Crippen LogP) is 5.58. The smallest absolute Gasteiger partial charge is 0.277 e. The Hall–Kier alpha value is -3.76. The lowest BCUT2D eigenvalue weighted by atomic mass is 10.00. The molecule has 0 aliphatic rings. The summed E-state index contributed by atoms with van der Waals surface area (Å²) in [4.78, 5) is 0. The number of rotatable bonds is 7. The van der Waals surface area contributed by atoms with Crippen LogP contribution < -0.4 is 9.47 Å². The lowest BCUT2D eigenvalue weighted by Gasteiger charge is -2.07. The summed E-state index contributed by atoms with van der Waals surface area (Å²) >= 11 is 1.46. The second-order valence-electron chi connectivity index (χ2n) is 6.58. The number of nitrogens with zero attached hydrogens (tertiary/aromatic N) is 3. The molecule has 1 aromatic heterocycles. The average molecular weight is 430 g/mol. The van der Waals surface area contributed by atoms with Crippen LogP contribution in [0, 0.1) is 11.3 Å². The van der Waals surface area contributed by atoms with Gasteiger partial charge in [0.05, 0.1) is 31.4 Å². The standard InChI is InChI=1S/C24H19N3O3S/c1-28-19-11-12-21(22(13-19)29-2)23-26-27-24(30-23)31-15-16-7-9-17(10-8-16)20-6-4-3-5-18(20)14-25/h3-13H,15H2,1-2H3. The van der Waals surface area contributed by atoms with Crippen molar-refractivity contribution < 1.29 is 13.9 Å². The van der Waals surface area contributed by atoms with Gasteiger partial charge in [0.25, 0.3) is 11.1 Å². The van der Waals surface area contributed by atoms with E-state index in [2.05, 4.69) is 16.3 Å². The summed E-state index contributed by atoms with van der Waals surface area (Å²) in [6, 6.07) is 23.4. The number of benzene rings is 3. The number of ether oxygens (including phenoxy) is 2. The van der Waals surface area contributed by atoms with Crippen LogP contribution in [-0.4, -0.2) is 24.4 Å². The topological polar surface area (TPSA) is 81.2 Å². The van der Waals surface area contributed by atoms with Gasteiger partial charge >= 0.3 is 0 Å². The highest BCUT2D eigenvalue weighted by molar-refractivity contribution is 7.98. The quantitative estimate of drug-likeness (QED) is 0.354. The van der Waals surface area contributed by atoms with Gasteiger partial charge in [0.1, 0.15) is 11.5 Å². The van der Waals surface area contributed by atoms with Crippen LogP contribution in [-0.2, 0) is 5.75 Å². The molecule has 4 aromatic rings. The third-order valence-electron chi connectivity index (χ3n) is 4.72. The first kappa shape index (κ1) is 20.5. The zero-order valence-corrected chi connectivity index (χ0v) is 17.8. The molecular formula is C24H19N3O3S. The van der Waals surface area contributed by atoms with Crippen molar-refractivity contribution in [2.24, 2.45) is 0 Å². The molecule has 7 heteroatoms. The molecular weight excluding hydrogens is 410 g/mol. The van der Waals surface area contributed by atoms with Gasteiger partial charge in [0.2, 0.25) is 0 Å². The number of hydrogen-bond acceptors (Lipinski definition) is 7. The van der Waals surface area contributed by atoms with E-state index in [1.165, 1.54) is 11.8 Å². The van der Waals surface area contributed by atoms with E-state index in [0.717, 1.165) is 16.7 Å². The summed E-state index contributed by atoms with van der Waals surface area (Å²) in [7, 11) is 3.19. The fourth-order valence-electron chi connectivity index (χ4n) is 3.11. The van der Waals surface area contributed by atoms with Crippen LogP contribution in [0.4, 0.5) is 0 Å². The average Bonchev–Trinajstić information content (AvgIpc) is 3.31. The molecule has 0 N–H and O–H groups in total. The van der Waals surface area contributed by atoms with Crippen molar-refractivity contribution in [2.75, 3.05) is 14.2 Å². The normalized spacial score (nSPS) is 10.5. The van der Waals surface area contributed by atoms with E-state index in [-0.39, 0.29) is 0 Å². The summed E-state index contributed by atoms with van der Waals surface area (Å²) in [5.41, 5.74) is 4.43. The van der Waals surface area contributed by atoms with E-state index >= 15 is 0 Å². The van der Waals surface area contributed by atoms with Crippen LogP contribution in [0.2, 0.25) is 0 Å². The number of methoxy groups -OCH3 is 2. The second kappa shape index (κ2) is 9.37. The molecule has 3 aromatic carbocycles. The first-order chi connectivity index (χ1) is 15.2. The molecule has 4 rings (SSSR count). The lowest BCUT2D eigenvalue weighted by Crippen LogP contribution is -1.90. The molecule has 0 fully saturated rings. The molecule has 0 amide bonds. The summed E-state index contributed by atoms with van der Waals surface area (Å²) in [6.07, 6.45) is 0. The molecule has 154 valence electrons. The maximum absolute atomic E-state index is 9.30. The largest absolute Gasteiger partial charge is 0.497 e. The highest BCUT2D eigenvalue weighted by atomic mass is 32.2. The minimum atomic E-state index is 0.394. The van der Waals surface area contributed by atoms with Crippen molar-refractivity contribution >= 4 is 11.8 Å². The molecule has 31 heavy (non-hydrogen) atoms. The van der Waals surface area contributed by atoms with Gasteiger partial charge in [-0.2, -0.15) is 5.26 Å². The van der Waals surface area contributed by atoms with Crippen molar-refractivity contribution in [1.29, 1.82) is 5.26 Å². The van der Waals surface area contributed by atoms with Gasteiger partial charge in [0, 0.05) is 11.8 Å². The second-order valence-corrected chi connectivity index (χ2v) is 7.51. The summed E-state index contributed by atoms with van der Waals surface area (Å²) in [5.74, 6) is 2.37. The van der Waals surface area contributed by atoms with E-state index in [9.17, 15) is 5.26 Å². The van der Waals surface area contributed by atoms with E-state index < -0.39 is 0 Å². The highest BCUT2D eigenvalue weighted by Gasteiger charge is 2.15. The van der Waals surface area contributed by atoms with Crippen LogP contribution in [0.1, 0.15) is 11.1 Å². The van der Waals surface area contributed by atoms with Crippen molar-refractivity contribution in [1.82, 2.24) is 10.2 Å². The Morgan fingerprint density at radius 1 is 0.935 bits per heavy atom. The van der Waals surface area contributed by atoms with Gasteiger partial charge < -0.3 is 13.9 Å². The first-order valence-electron chi connectivity index (χ1n) is 9.49. The van der Waals surface area contributed by atoms with E-state index in [0.29, 0.717) is 39.5 Å². The molecule has 6 nitrogen and oxygen atoms in total. The van der Waals surface area contributed by atoms with E-state index in [1.54, 1.807) is 20.3 Å². The predicted molar refractivity (Wildman–Crippen MR) is 119 cm³/mol. The molecule has 0 saturated carbocycles.